The van der Waals surface area contributed by atoms with E-state index in [1.807, 2.05) is 19.9 Å². The van der Waals surface area contributed by atoms with Crippen LogP contribution in [0, 0.1) is 5.82 Å². The fourth-order valence-electron chi connectivity index (χ4n) is 3.58. The highest BCUT2D eigenvalue weighted by Gasteiger charge is 2.20. The van der Waals surface area contributed by atoms with Gasteiger partial charge in [-0.2, -0.15) is 4.98 Å². The van der Waals surface area contributed by atoms with Gasteiger partial charge in [0.2, 0.25) is 5.89 Å². The third-order valence-corrected chi connectivity index (χ3v) is 5.41. The largest absolute Gasteiger partial charge is 0.494 e. The Labute approximate surface area is 183 Å². The van der Waals surface area contributed by atoms with Crippen LogP contribution in [0.15, 0.2) is 27.7 Å². The van der Waals surface area contributed by atoms with Crippen molar-refractivity contribution < 1.29 is 13.7 Å². The highest BCUT2D eigenvalue weighted by molar-refractivity contribution is 5.79. The van der Waals surface area contributed by atoms with Crippen LogP contribution in [0.1, 0.15) is 49.9 Å². The Balaban J connectivity index is 1.39. The van der Waals surface area contributed by atoms with Gasteiger partial charge < -0.3 is 19.9 Å². The van der Waals surface area contributed by atoms with E-state index in [4.69, 9.17) is 9.26 Å². The lowest BCUT2D eigenvalue weighted by Crippen LogP contribution is -2.48. The molecule has 0 saturated carbocycles. The number of likely N-dealkylation sites (tertiary alicyclic amines) is 1. The van der Waals surface area contributed by atoms with Gasteiger partial charge >= 0.3 is 0 Å². The van der Waals surface area contributed by atoms with E-state index in [-0.39, 0.29) is 17.5 Å². The molecule has 9 heteroatoms. The van der Waals surface area contributed by atoms with Gasteiger partial charge in [-0.25, -0.2) is 4.39 Å². The van der Waals surface area contributed by atoms with Crippen LogP contribution in [-0.4, -0.2) is 60.8 Å². The number of nitrogens with one attached hydrogen (secondary N) is 2. The molecule has 1 saturated heterocycles. The van der Waals surface area contributed by atoms with Gasteiger partial charge in [0.05, 0.1) is 7.11 Å². The molecule has 2 N–H and O–H groups in total. The molecule has 31 heavy (non-hydrogen) atoms. The number of hydrogen-bond donors (Lipinski definition) is 2. The Hall–Kier alpha value is -2.68. The van der Waals surface area contributed by atoms with E-state index in [1.54, 1.807) is 19.2 Å². The van der Waals surface area contributed by atoms with Crippen LogP contribution in [-0.2, 0) is 13.0 Å². The molecule has 1 aliphatic rings. The van der Waals surface area contributed by atoms with Gasteiger partial charge in [0.1, 0.15) is 0 Å². The topological polar surface area (TPSA) is 87.8 Å². The second-order valence-electron chi connectivity index (χ2n) is 8.11. The van der Waals surface area contributed by atoms with Crippen molar-refractivity contribution in [1.29, 1.82) is 0 Å². The minimum atomic E-state index is -0.313. The smallest absolute Gasteiger partial charge is 0.228 e. The lowest BCUT2D eigenvalue weighted by Gasteiger charge is -2.33. The fourth-order valence-corrected chi connectivity index (χ4v) is 3.58. The summed E-state index contributed by atoms with van der Waals surface area (Å²) in [6, 6.07) is 5.52. The molecule has 0 aliphatic carbocycles. The molecule has 0 radical (unpaired) electrons. The van der Waals surface area contributed by atoms with Crippen molar-refractivity contribution in [3.8, 4) is 5.75 Å². The second kappa shape index (κ2) is 11.1. The van der Waals surface area contributed by atoms with Crippen molar-refractivity contribution in [2.45, 2.75) is 51.6 Å². The van der Waals surface area contributed by atoms with Crippen LogP contribution < -0.4 is 15.4 Å². The van der Waals surface area contributed by atoms with Gasteiger partial charge in [-0.1, -0.05) is 25.1 Å². The normalized spacial score (nSPS) is 16.0. The second-order valence-corrected chi connectivity index (χ2v) is 8.11. The lowest BCUT2D eigenvalue weighted by atomic mass is 10.0. The van der Waals surface area contributed by atoms with E-state index in [1.165, 1.54) is 7.11 Å². The molecule has 0 atom stereocenters. The monoisotopic (exact) mass is 432 g/mol. The standard InChI is InChI=1S/C22H33FN6O2/c1-15(2)21-27-20(31-28-21)7-10-25-22(24-3)26-17-8-11-29(12-9-17)14-16-5-6-19(30-4)18(23)13-16/h5-6,13,15,17H,7-12,14H2,1-4H3,(H2,24,25,26). The van der Waals surface area contributed by atoms with E-state index < -0.39 is 0 Å². The first-order valence-corrected chi connectivity index (χ1v) is 10.8. The Morgan fingerprint density at radius 1 is 1.35 bits per heavy atom. The van der Waals surface area contributed by atoms with Crippen molar-refractivity contribution in [3.05, 3.63) is 41.3 Å². The molecule has 1 aromatic heterocycles. The Bertz CT molecular complexity index is 861. The van der Waals surface area contributed by atoms with Crippen LogP contribution in [0.2, 0.25) is 0 Å². The summed E-state index contributed by atoms with van der Waals surface area (Å²) in [5.41, 5.74) is 0.962. The van der Waals surface area contributed by atoms with Crippen molar-refractivity contribution >= 4 is 5.96 Å². The van der Waals surface area contributed by atoms with Gasteiger partial charge in [0.15, 0.2) is 23.4 Å². The highest BCUT2D eigenvalue weighted by atomic mass is 19.1. The maximum absolute atomic E-state index is 13.9. The van der Waals surface area contributed by atoms with Gasteiger partial charge in [-0.05, 0) is 30.5 Å². The molecular weight excluding hydrogens is 399 g/mol. The van der Waals surface area contributed by atoms with Crippen molar-refractivity contribution in [1.82, 2.24) is 25.7 Å². The van der Waals surface area contributed by atoms with Crippen LogP contribution in [0.5, 0.6) is 5.75 Å². The van der Waals surface area contributed by atoms with Gasteiger partial charge in [0.25, 0.3) is 0 Å². The Morgan fingerprint density at radius 3 is 2.74 bits per heavy atom. The number of ether oxygens (including phenoxy) is 1. The summed E-state index contributed by atoms with van der Waals surface area (Å²) in [5, 5.41) is 10.8. The summed E-state index contributed by atoms with van der Waals surface area (Å²) >= 11 is 0. The van der Waals surface area contributed by atoms with Crippen molar-refractivity contribution in [3.63, 3.8) is 0 Å². The van der Waals surface area contributed by atoms with Crippen LogP contribution >= 0.6 is 0 Å². The van der Waals surface area contributed by atoms with E-state index in [0.29, 0.717) is 24.9 Å². The average Bonchev–Trinajstić information content (AvgIpc) is 3.24. The zero-order valence-corrected chi connectivity index (χ0v) is 18.8. The molecular formula is C22H33FN6O2. The van der Waals surface area contributed by atoms with Gasteiger partial charge in [-0.15, -0.1) is 0 Å². The maximum Gasteiger partial charge on any atom is 0.228 e. The summed E-state index contributed by atoms with van der Waals surface area (Å²) in [4.78, 5) is 11.1. The summed E-state index contributed by atoms with van der Waals surface area (Å²) in [6.45, 7) is 7.38. The maximum atomic E-state index is 13.9. The molecule has 0 spiro atoms. The molecule has 2 aromatic rings. The van der Waals surface area contributed by atoms with E-state index in [9.17, 15) is 4.39 Å². The number of nitrogens with zero attached hydrogens (tertiary/aromatic N) is 4. The number of hydrogen-bond acceptors (Lipinski definition) is 6. The summed E-state index contributed by atoms with van der Waals surface area (Å²) in [6.07, 6.45) is 2.65. The third-order valence-electron chi connectivity index (χ3n) is 5.41. The number of guanidine groups is 1. The number of methoxy groups -OCH3 is 1. The number of piperidine rings is 1. The number of aliphatic imine (C=N–C) groups is 1. The predicted octanol–water partition coefficient (Wildman–Crippen LogP) is 2.71. The molecule has 1 aromatic carbocycles. The van der Waals surface area contributed by atoms with E-state index in [2.05, 4.69) is 30.7 Å². The van der Waals surface area contributed by atoms with Crippen molar-refractivity contribution in [2.24, 2.45) is 4.99 Å². The minimum Gasteiger partial charge on any atom is -0.494 e. The molecule has 3 rings (SSSR count). The fraction of sp³-hybridized carbons (Fsp3) is 0.591. The lowest BCUT2D eigenvalue weighted by molar-refractivity contribution is 0.198. The summed E-state index contributed by atoms with van der Waals surface area (Å²) in [7, 11) is 3.25. The predicted molar refractivity (Wildman–Crippen MR) is 118 cm³/mol. The van der Waals surface area contributed by atoms with Gasteiger partial charge in [0, 0.05) is 51.6 Å². The molecule has 0 unspecified atom stereocenters. The quantitative estimate of drug-likeness (QED) is 0.490. The minimum absolute atomic E-state index is 0.259. The average molecular weight is 433 g/mol. The first-order valence-electron chi connectivity index (χ1n) is 10.8. The number of halogens is 1. The van der Waals surface area contributed by atoms with Crippen LogP contribution in [0.25, 0.3) is 0 Å². The summed E-state index contributed by atoms with van der Waals surface area (Å²) in [5.74, 6) is 2.38. The molecule has 0 amide bonds. The zero-order chi connectivity index (χ0) is 22.2. The molecule has 1 fully saturated rings. The Morgan fingerprint density at radius 2 is 2.13 bits per heavy atom. The molecule has 2 heterocycles. The highest BCUT2D eigenvalue weighted by Crippen LogP contribution is 2.20. The Kier molecular flexibility index (Phi) is 8.22. The molecule has 170 valence electrons. The SMILES string of the molecule is CN=C(NCCc1nc(C(C)C)no1)NC1CCN(Cc2ccc(OC)c(F)c2)CC1. The number of aromatic nitrogens is 2. The summed E-state index contributed by atoms with van der Waals surface area (Å²) < 4.78 is 24.2. The first-order chi connectivity index (χ1) is 15.0. The molecule has 1 aliphatic heterocycles. The third kappa shape index (κ3) is 6.65. The van der Waals surface area contributed by atoms with Gasteiger partial charge in [-0.3, -0.25) is 9.89 Å². The number of rotatable bonds is 8. The van der Waals surface area contributed by atoms with Crippen LogP contribution in [0.4, 0.5) is 4.39 Å². The molecule has 0 bridgehead atoms. The van der Waals surface area contributed by atoms with E-state index in [0.717, 1.165) is 49.8 Å². The van der Waals surface area contributed by atoms with E-state index >= 15 is 0 Å². The number of benzene rings is 1. The molecule has 8 nitrogen and oxygen atoms in total. The van der Waals surface area contributed by atoms with Crippen molar-refractivity contribution in [2.75, 3.05) is 33.8 Å². The first kappa shape index (κ1) is 23.0. The zero-order valence-electron chi connectivity index (χ0n) is 18.8. The van der Waals surface area contributed by atoms with Crippen LogP contribution in [0.3, 0.4) is 0 Å².